The Bertz CT molecular complexity index is 248. The summed E-state index contributed by atoms with van der Waals surface area (Å²) in [4.78, 5) is 4.09. The van der Waals surface area contributed by atoms with Gasteiger partial charge in [-0.3, -0.25) is 0 Å². The second-order valence-electron chi connectivity index (χ2n) is 2.51. The lowest BCUT2D eigenvalue weighted by Gasteiger charge is -2.05. The zero-order valence-corrected chi connectivity index (χ0v) is 6.97. The van der Waals surface area contributed by atoms with Gasteiger partial charge in [0.15, 0.2) is 0 Å². The summed E-state index contributed by atoms with van der Waals surface area (Å²) in [5.74, 6) is 1.07. The van der Waals surface area contributed by atoms with Gasteiger partial charge in [0.2, 0.25) is 0 Å². The molecule has 0 bridgehead atoms. The van der Waals surface area contributed by atoms with E-state index < -0.39 is 0 Å². The summed E-state index contributed by atoms with van der Waals surface area (Å²) < 4.78 is 0. The third kappa shape index (κ3) is 1.42. The van der Waals surface area contributed by atoms with Crippen LogP contribution in [0.1, 0.15) is 11.3 Å². The Hall–Kier alpha value is -1.25. The van der Waals surface area contributed by atoms with Crippen molar-refractivity contribution in [3.63, 3.8) is 0 Å². The Morgan fingerprint density at radius 3 is 2.55 bits per heavy atom. The highest BCUT2D eigenvalue weighted by Crippen LogP contribution is 2.21. The van der Waals surface area contributed by atoms with Crippen molar-refractivity contribution in [2.75, 3.05) is 12.4 Å². The Labute approximate surface area is 66.1 Å². The van der Waals surface area contributed by atoms with Crippen LogP contribution in [0.25, 0.3) is 0 Å². The van der Waals surface area contributed by atoms with E-state index in [1.807, 2.05) is 13.0 Å². The molecule has 0 aliphatic carbocycles. The van der Waals surface area contributed by atoms with Gasteiger partial charge in [0, 0.05) is 7.05 Å². The summed E-state index contributed by atoms with van der Waals surface area (Å²) in [5, 5.41) is 12.2. The Morgan fingerprint density at radius 1 is 1.45 bits per heavy atom. The van der Waals surface area contributed by atoms with Crippen molar-refractivity contribution >= 4 is 5.82 Å². The lowest BCUT2D eigenvalue weighted by atomic mass is 10.2. The molecule has 1 aromatic heterocycles. The summed E-state index contributed by atoms with van der Waals surface area (Å²) >= 11 is 0. The van der Waals surface area contributed by atoms with Crippen LogP contribution in [0.15, 0.2) is 6.07 Å². The fraction of sp³-hybridized carbons (Fsp3) is 0.375. The van der Waals surface area contributed by atoms with Crippen molar-refractivity contribution in [3.8, 4) is 5.75 Å². The molecule has 0 saturated heterocycles. The molecule has 2 N–H and O–H groups in total. The quantitative estimate of drug-likeness (QED) is 0.640. The van der Waals surface area contributed by atoms with Gasteiger partial charge in [-0.05, 0) is 25.5 Å². The van der Waals surface area contributed by atoms with E-state index in [9.17, 15) is 5.11 Å². The molecule has 1 heterocycles. The highest BCUT2D eigenvalue weighted by Gasteiger charge is 2.02. The largest absolute Gasteiger partial charge is 0.506 e. The fourth-order valence-electron chi connectivity index (χ4n) is 0.953. The van der Waals surface area contributed by atoms with E-state index in [-0.39, 0.29) is 5.75 Å². The smallest absolute Gasteiger partial charge is 0.139 e. The normalized spacial score (nSPS) is 9.73. The first-order valence-electron chi connectivity index (χ1n) is 3.50. The first-order chi connectivity index (χ1) is 5.15. The van der Waals surface area contributed by atoms with Crippen LogP contribution in [0.5, 0.6) is 5.75 Å². The molecule has 11 heavy (non-hydrogen) atoms. The van der Waals surface area contributed by atoms with Crippen LogP contribution in [0.2, 0.25) is 0 Å². The van der Waals surface area contributed by atoms with Gasteiger partial charge in [0.05, 0.1) is 5.69 Å². The van der Waals surface area contributed by atoms with Crippen molar-refractivity contribution in [1.29, 1.82) is 0 Å². The number of aromatic nitrogens is 1. The fourth-order valence-corrected chi connectivity index (χ4v) is 0.953. The molecule has 1 rings (SSSR count). The highest BCUT2D eigenvalue weighted by molar-refractivity contribution is 5.45. The van der Waals surface area contributed by atoms with Gasteiger partial charge in [-0.1, -0.05) is 0 Å². The van der Waals surface area contributed by atoms with Crippen molar-refractivity contribution in [2.45, 2.75) is 13.8 Å². The Kier molecular flexibility index (Phi) is 1.98. The molecule has 60 valence electrons. The van der Waals surface area contributed by atoms with Crippen LogP contribution < -0.4 is 5.32 Å². The molecule has 3 nitrogen and oxygen atoms in total. The van der Waals surface area contributed by atoms with E-state index in [2.05, 4.69) is 10.3 Å². The zero-order chi connectivity index (χ0) is 8.43. The summed E-state index contributed by atoms with van der Waals surface area (Å²) in [6.07, 6.45) is 0. The zero-order valence-electron chi connectivity index (χ0n) is 6.97. The molecular weight excluding hydrogens is 140 g/mol. The SMILES string of the molecule is CNc1cc(C)c(O)c(C)n1. The van der Waals surface area contributed by atoms with Crippen LogP contribution in [0, 0.1) is 13.8 Å². The summed E-state index contributed by atoms with van der Waals surface area (Å²) in [6, 6.07) is 1.81. The average Bonchev–Trinajstić information content (AvgIpc) is 1.99. The number of pyridine rings is 1. The van der Waals surface area contributed by atoms with Gasteiger partial charge in [-0.25, -0.2) is 4.98 Å². The monoisotopic (exact) mass is 152 g/mol. The molecule has 0 aromatic carbocycles. The maximum Gasteiger partial charge on any atom is 0.139 e. The van der Waals surface area contributed by atoms with E-state index in [0.717, 1.165) is 11.4 Å². The van der Waals surface area contributed by atoms with Crippen molar-refractivity contribution in [3.05, 3.63) is 17.3 Å². The minimum Gasteiger partial charge on any atom is -0.506 e. The predicted octanol–water partition coefficient (Wildman–Crippen LogP) is 1.45. The number of nitrogens with zero attached hydrogens (tertiary/aromatic N) is 1. The number of nitrogens with one attached hydrogen (secondary N) is 1. The maximum atomic E-state index is 9.34. The third-order valence-corrected chi connectivity index (χ3v) is 1.61. The van der Waals surface area contributed by atoms with E-state index >= 15 is 0 Å². The van der Waals surface area contributed by atoms with Crippen molar-refractivity contribution in [2.24, 2.45) is 0 Å². The topological polar surface area (TPSA) is 45.1 Å². The Balaban J connectivity index is 3.21. The summed E-state index contributed by atoms with van der Waals surface area (Å²) in [5.41, 5.74) is 1.51. The second-order valence-corrected chi connectivity index (χ2v) is 2.51. The molecular formula is C8H12N2O. The minimum absolute atomic E-state index is 0.281. The van der Waals surface area contributed by atoms with E-state index in [4.69, 9.17) is 0 Å². The number of hydrogen-bond donors (Lipinski definition) is 2. The predicted molar refractivity (Wildman–Crippen MR) is 44.9 cm³/mol. The van der Waals surface area contributed by atoms with Crippen molar-refractivity contribution < 1.29 is 5.11 Å². The number of rotatable bonds is 1. The number of hydrogen-bond acceptors (Lipinski definition) is 3. The molecule has 0 amide bonds. The molecule has 0 aliphatic rings. The summed E-state index contributed by atoms with van der Waals surface area (Å²) in [6.45, 7) is 3.63. The van der Waals surface area contributed by atoms with Crippen molar-refractivity contribution in [1.82, 2.24) is 4.98 Å². The minimum atomic E-state index is 0.281. The maximum absolute atomic E-state index is 9.34. The third-order valence-electron chi connectivity index (χ3n) is 1.61. The van der Waals surface area contributed by atoms with Crippen LogP contribution in [-0.4, -0.2) is 17.1 Å². The highest BCUT2D eigenvalue weighted by atomic mass is 16.3. The van der Waals surface area contributed by atoms with Crippen LogP contribution in [-0.2, 0) is 0 Å². The van der Waals surface area contributed by atoms with Gasteiger partial charge in [0.25, 0.3) is 0 Å². The number of aromatic hydroxyl groups is 1. The van der Waals surface area contributed by atoms with Gasteiger partial charge >= 0.3 is 0 Å². The van der Waals surface area contributed by atoms with Crippen LogP contribution in [0.3, 0.4) is 0 Å². The molecule has 0 unspecified atom stereocenters. The molecule has 3 heteroatoms. The van der Waals surface area contributed by atoms with Crippen LogP contribution in [0.4, 0.5) is 5.82 Å². The van der Waals surface area contributed by atoms with E-state index in [1.54, 1.807) is 14.0 Å². The van der Waals surface area contributed by atoms with Gasteiger partial charge in [-0.15, -0.1) is 0 Å². The standard InChI is InChI=1S/C8H12N2O/c1-5-4-7(9-3)10-6(2)8(5)11/h4,11H,1-3H3,(H,9,10). The second kappa shape index (κ2) is 2.78. The molecule has 1 aromatic rings. The number of anilines is 1. The summed E-state index contributed by atoms with van der Waals surface area (Å²) in [7, 11) is 1.80. The van der Waals surface area contributed by atoms with Gasteiger partial charge in [0.1, 0.15) is 11.6 Å². The van der Waals surface area contributed by atoms with Gasteiger partial charge < -0.3 is 10.4 Å². The molecule has 0 atom stereocenters. The lowest BCUT2D eigenvalue weighted by Crippen LogP contribution is -1.95. The van der Waals surface area contributed by atoms with E-state index in [0.29, 0.717) is 5.69 Å². The lowest BCUT2D eigenvalue weighted by molar-refractivity contribution is 0.463. The molecule has 0 radical (unpaired) electrons. The average molecular weight is 152 g/mol. The molecule has 0 saturated carbocycles. The first kappa shape index (κ1) is 7.85. The first-order valence-corrected chi connectivity index (χ1v) is 3.50. The molecule has 0 aliphatic heterocycles. The Morgan fingerprint density at radius 2 is 2.09 bits per heavy atom. The molecule has 0 fully saturated rings. The van der Waals surface area contributed by atoms with Crippen LogP contribution >= 0.6 is 0 Å². The van der Waals surface area contributed by atoms with Gasteiger partial charge in [-0.2, -0.15) is 0 Å². The number of aryl methyl sites for hydroxylation is 2. The van der Waals surface area contributed by atoms with E-state index in [1.165, 1.54) is 0 Å². The molecule has 0 spiro atoms.